The summed E-state index contributed by atoms with van der Waals surface area (Å²) in [5, 5.41) is 8.68. The molecule has 1 aromatic heterocycles. The van der Waals surface area contributed by atoms with E-state index >= 15 is 0 Å². The summed E-state index contributed by atoms with van der Waals surface area (Å²) >= 11 is 0. The summed E-state index contributed by atoms with van der Waals surface area (Å²) in [7, 11) is 3.00. The lowest BCUT2D eigenvalue weighted by atomic mass is 10.2. The Morgan fingerprint density at radius 3 is 2.64 bits per heavy atom. The van der Waals surface area contributed by atoms with E-state index in [-0.39, 0.29) is 5.92 Å². The molecule has 0 aromatic carbocycles. The third-order valence-electron chi connectivity index (χ3n) is 1.74. The van der Waals surface area contributed by atoms with Gasteiger partial charge >= 0.3 is 0 Å². The summed E-state index contributed by atoms with van der Waals surface area (Å²) in [6.45, 7) is 1.72. The molecular formula is C9H11N3O2. The molecule has 1 aromatic rings. The molecule has 0 saturated heterocycles. The van der Waals surface area contributed by atoms with Crippen molar-refractivity contribution < 1.29 is 9.47 Å². The molecule has 1 rings (SSSR count). The zero-order valence-corrected chi connectivity index (χ0v) is 8.31. The molecule has 5 nitrogen and oxygen atoms in total. The normalized spacial score (nSPS) is 11.6. The minimum absolute atomic E-state index is 0.347. The van der Waals surface area contributed by atoms with E-state index in [0.29, 0.717) is 17.5 Å². The van der Waals surface area contributed by atoms with Crippen LogP contribution < -0.4 is 9.47 Å². The maximum absolute atomic E-state index is 8.68. The van der Waals surface area contributed by atoms with Crippen molar-refractivity contribution >= 4 is 0 Å². The van der Waals surface area contributed by atoms with Gasteiger partial charge in [0.25, 0.3) is 5.88 Å². The molecule has 0 N–H and O–H groups in total. The highest BCUT2D eigenvalue weighted by Crippen LogP contribution is 2.24. The lowest BCUT2D eigenvalue weighted by Crippen LogP contribution is -2.02. The molecule has 1 atom stereocenters. The second kappa shape index (κ2) is 4.42. The molecule has 0 amide bonds. The van der Waals surface area contributed by atoms with Crippen LogP contribution in [0.15, 0.2) is 6.20 Å². The number of hydrogen-bond acceptors (Lipinski definition) is 5. The molecule has 0 radical (unpaired) electrons. The van der Waals surface area contributed by atoms with Crippen molar-refractivity contribution in [1.29, 1.82) is 5.26 Å². The Morgan fingerprint density at radius 1 is 1.43 bits per heavy atom. The number of rotatable bonds is 3. The first-order valence-corrected chi connectivity index (χ1v) is 4.07. The van der Waals surface area contributed by atoms with Gasteiger partial charge in [0.2, 0.25) is 0 Å². The predicted molar refractivity (Wildman–Crippen MR) is 49.2 cm³/mol. The lowest BCUT2D eigenvalue weighted by molar-refractivity contribution is 0.339. The fraction of sp³-hybridized carbons (Fsp3) is 0.444. The third kappa shape index (κ3) is 1.91. The second-order valence-electron chi connectivity index (χ2n) is 2.66. The van der Waals surface area contributed by atoms with Gasteiger partial charge in [-0.3, -0.25) is 0 Å². The van der Waals surface area contributed by atoms with Crippen LogP contribution in [-0.4, -0.2) is 24.2 Å². The van der Waals surface area contributed by atoms with Gasteiger partial charge in [-0.15, -0.1) is 0 Å². The molecule has 74 valence electrons. The Balaban J connectivity index is 3.08. The minimum Gasteiger partial charge on any atom is -0.490 e. The Labute approximate surface area is 82.3 Å². The fourth-order valence-electron chi connectivity index (χ4n) is 0.921. The Hall–Kier alpha value is -1.83. The van der Waals surface area contributed by atoms with E-state index in [4.69, 9.17) is 14.7 Å². The van der Waals surface area contributed by atoms with Gasteiger partial charge in [0.05, 0.1) is 26.5 Å². The first kappa shape index (κ1) is 10.3. The molecule has 0 aliphatic rings. The first-order chi connectivity index (χ1) is 6.72. The number of ether oxygens (including phenoxy) is 2. The van der Waals surface area contributed by atoms with E-state index in [1.807, 2.05) is 6.07 Å². The van der Waals surface area contributed by atoms with Gasteiger partial charge in [0.15, 0.2) is 5.75 Å². The van der Waals surface area contributed by atoms with Gasteiger partial charge in [-0.1, -0.05) is 0 Å². The van der Waals surface area contributed by atoms with Gasteiger partial charge in [-0.25, -0.2) is 4.98 Å². The van der Waals surface area contributed by atoms with Crippen LogP contribution in [0.3, 0.4) is 0 Å². The highest BCUT2D eigenvalue weighted by atomic mass is 16.5. The predicted octanol–water partition coefficient (Wildman–Crippen LogP) is 1.12. The maximum atomic E-state index is 8.68. The smallest absolute Gasteiger partial charge is 0.260 e. The number of hydrogen-bond donors (Lipinski definition) is 0. The van der Waals surface area contributed by atoms with Crippen LogP contribution in [0, 0.1) is 11.3 Å². The van der Waals surface area contributed by atoms with E-state index in [2.05, 4.69) is 9.97 Å². The monoisotopic (exact) mass is 193 g/mol. The highest BCUT2D eigenvalue weighted by molar-refractivity contribution is 5.31. The number of aromatic nitrogens is 2. The van der Waals surface area contributed by atoms with Crippen LogP contribution in [0.5, 0.6) is 11.6 Å². The fourth-order valence-corrected chi connectivity index (χ4v) is 0.921. The van der Waals surface area contributed by atoms with Gasteiger partial charge in [0.1, 0.15) is 11.7 Å². The van der Waals surface area contributed by atoms with E-state index in [1.54, 1.807) is 6.92 Å². The largest absolute Gasteiger partial charge is 0.490 e. The number of methoxy groups -OCH3 is 2. The molecule has 14 heavy (non-hydrogen) atoms. The van der Waals surface area contributed by atoms with Crippen LogP contribution in [0.2, 0.25) is 0 Å². The van der Waals surface area contributed by atoms with Crippen molar-refractivity contribution in [3.63, 3.8) is 0 Å². The Kier molecular flexibility index (Phi) is 3.24. The molecule has 0 spiro atoms. The molecule has 5 heteroatoms. The van der Waals surface area contributed by atoms with Crippen molar-refractivity contribution in [1.82, 2.24) is 9.97 Å². The summed E-state index contributed by atoms with van der Waals surface area (Å²) in [6.07, 6.45) is 1.50. The lowest BCUT2D eigenvalue weighted by Gasteiger charge is -2.07. The van der Waals surface area contributed by atoms with Crippen molar-refractivity contribution in [3.8, 4) is 17.7 Å². The Bertz CT molecular complexity index is 360. The van der Waals surface area contributed by atoms with E-state index < -0.39 is 0 Å². The summed E-state index contributed by atoms with van der Waals surface area (Å²) in [6, 6.07) is 2.05. The van der Waals surface area contributed by atoms with Crippen LogP contribution in [0.4, 0.5) is 0 Å². The van der Waals surface area contributed by atoms with Crippen LogP contribution in [0.25, 0.3) is 0 Å². The molecule has 0 aliphatic heterocycles. The molecule has 0 fully saturated rings. The van der Waals surface area contributed by atoms with Crippen molar-refractivity contribution in [2.45, 2.75) is 12.8 Å². The third-order valence-corrected chi connectivity index (χ3v) is 1.74. The molecule has 1 heterocycles. The van der Waals surface area contributed by atoms with E-state index in [9.17, 15) is 0 Å². The average Bonchev–Trinajstić information content (AvgIpc) is 2.26. The van der Waals surface area contributed by atoms with E-state index in [0.717, 1.165) is 0 Å². The molecule has 0 saturated carbocycles. The Morgan fingerprint density at radius 2 is 2.14 bits per heavy atom. The van der Waals surface area contributed by atoms with Crippen molar-refractivity contribution in [3.05, 3.63) is 12.0 Å². The summed E-state index contributed by atoms with van der Waals surface area (Å²) in [4.78, 5) is 8.04. The SMILES string of the molecule is COc1cnc(C(C)C#N)nc1OC. The van der Waals surface area contributed by atoms with Crippen LogP contribution in [-0.2, 0) is 0 Å². The van der Waals surface area contributed by atoms with Crippen molar-refractivity contribution in [2.75, 3.05) is 14.2 Å². The number of nitrogens with zero attached hydrogens (tertiary/aromatic N) is 3. The minimum atomic E-state index is -0.352. The van der Waals surface area contributed by atoms with Gasteiger partial charge in [-0.05, 0) is 6.92 Å². The van der Waals surface area contributed by atoms with Crippen molar-refractivity contribution in [2.24, 2.45) is 0 Å². The van der Waals surface area contributed by atoms with Crippen LogP contribution in [0.1, 0.15) is 18.7 Å². The quantitative estimate of drug-likeness (QED) is 0.719. The molecule has 0 aliphatic carbocycles. The van der Waals surface area contributed by atoms with E-state index in [1.165, 1.54) is 20.4 Å². The van der Waals surface area contributed by atoms with Gasteiger partial charge < -0.3 is 9.47 Å². The second-order valence-corrected chi connectivity index (χ2v) is 2.66. The zero-order chi connectivity index (χ0) is 10.6. The zero-order valence-electron chi connectivity index (χ0n) is 8.31. The summed E-state index contributed by atoms with van der Waals surface area (Å²) in [5.41, 5.74) is 0. The topological polar surface area (TPSA) is 68.0 Å². The molecule has 0 bridgehead atoms. The first-order valence-electron chi connectivity index (χ1n) is 4.07. The highest BCUT2D eigenvalue weighted by Gasteiger charge is 2.12. The standard InChI is InChI=1S/C9H11N3O2/c1-6(4-10)8-11-5-7(13-2)9(12-8)14-3/h5-6H,1-3H3. The maximum Gasteiger partial charge on any atom is 0.260 e. The summed E-state index contributed by atoms with van der Waals surface area (Å²) < 4.78 is 9.96. The summed E-state index contributed by atoms with van der Waals surface area (Å²) in [5.74, 6) is 0.890. The number of nitriles is 1. The average molecular weight is 193 g/mol. The molecular weight excluding hydrogens is 182 g/mol. The molecule has 1 unspecified atom stereocenters. The van der Waals surface area contributed by atoms with Gasteiger partial charge in [0, 0.05) is 0 Å². The van der Waals surface area contributed by atoms with Gasteiger partial charge in [-0.2, -0.15) is 10.2 Å². The van der Waals surface area contributed by atoms with Crippen LogP contribution >= 0.6 is 0 Å².